The first-order chi connectivity index (χ1) is 14.4. The third-order valence-electron chi connectivity index (χ3n) is 5.40. The average molecular weight is 432 g/mol. The highest BCUT2D eigenvalue weighted by Gasteiger charge is 2.24. The van der Waals surface area contributed by atoms with Crippen LogP contribution in [0.5, 0.6) is 0 Å². The van der Waals surface area contributed by atoms with Gasteiger partial charge >= 0.3 is 0 Å². The van der Waals surface area contributed by atoms with Gasteiger partial charge in [0.25, 0.3) is 0 Å². The van der Waals surface area contributed by atoms with E-state index in [4.69, 9.17) is 0 Å². The Morgan fingerprint density at radius 2 is 2.00 bits per heavy atom. The standard InChI is InChI=1S/C23H30FN3O2S/c1-16(2)23(29)25-13-17-5-3-11-27(14-17)15-21(28)26-22(20-6-4-12-30-20)18-7-9-19(24)10-8-18/h4,6-10,12,16-17,22H,3,5,11,13-15H2,1-2H3,(H,25,29)(H,26,28). The Morgan fingerprint density at radius 1 is 1.23 bits per heavy atom. The molecule has 2 heterocycles. The Bertz CT molecular complexity index is 823. The first-order valence-electron chi connectivity index (χ1n) is 10.5. The van der Waals surface area contributed by atoms with Crippen molar-refractivity contribution in [1.82, 2.24) is 15.5 Å². The van der Waals surface area contributed by atoms with E-state index in [1.807, 2.05) is 31.4 Å². The number of rotatable bonds is 8. The predicted octanol–water partition coefficient (Wildman–Crippen LogP) is 3.58. The second kappa shape index (κ2) is 10.7. The molecule has 1 aliphatic heterocycles. The molecule has 3 rings (SSSR count). The maximum atomic E-state index is 13.3. The van der Waals surface area contributed by atoms with Crippen LogP contribution in [0.2, 0.25) is 0 Å². The van der Waals surface area contributed by atoms with Crippen molar-refractivity contribution in [3.8, 4) is 0 Å². The van der Waals surface area contributed by atoms with Gasteiger partial charge in [-0.1, -0.05) is 32.0 Å². The zero-order valence-corrected chi connectivity index (χ0v) is 18.4. The van der Waals surface area contributed by atoms with Crippen molar-refractivity contribution in [3.05, 3.63) is 58.0 Å². The Morgan fingerprint density at radius 3 is 2.67 bits per heavy atom. The molecule has 2 unspecified atom stereocenters. The molecule has 0 aliphatic carbocycles. The Hall–Kier alpha value is -2.25. The van der Waals surface area contributed by atoms with Gasteiger partial charge in [0.2, 0.25) is 11.8 Å². The van der Waals surface area contributed by atoms with Crippen LogP contribution in [0, 0.1) is 17.7 Å². The van der Waals surface area contributed by atoms with Gasteiger partial charge in [-0.2, -0.15) is 0 Å². The van der Waals surface area contributed by atoms with E-state index < -0.39 is 0 Å². The molecule has 0 spiro atoms. The zero-order chi connectivity index (χ0) is 21.5. The van der Waals surface area contributed by atoms with Crippen LogP contribution in [-0.4, -0.2) is 42.9 Å². The minimum atomic E-state index is -0.293. The first kappa shape index (κ1) is 22.4. The zero-order valence-electron chi connectivity index (χ0n) is 17.6. The number of hydrogen-bond acceptors (Lipinski definition) is 4. The van der Waals surface area contributed by atoms with Gasteiger partial charge in [-0.05, 0) is 54.4 Å². The second-order valence-electron chi connectivity index (χ2n) is 8.21. The van der Waals surface area contributed by atoms with E-state index in [0.717, 1.165) is 36.4 Å². The van der Waals surface area contributed by atoms with E-state index in [1.165, 1.54) is 12.1 Å². The molecule has 2 aromatic rings. The lowest BCUT2D eigenvalue weighted by Crippen LogP contribution is -2.46. The van der Waals surface area contributed by atoms with Gasteiger partial charge in [-0.3, -0.25) is 14.5 Å². The van der Waals surface area contributed by atoms with Crippen LogP contribution in [0.15, 0.2) is 41.8 Å². The normalized spacial score (nSPS) is 18.2. The summed E-state index contributed by atoms with van der Waals surface area (Å²) in [6, 6.07) is 9.91. The molecular weight excluding hydrogens is 401 g/mol. The minimum Gasteiger partial charge on any atom is -0.356 e. The fraction of sp³-hybridized carbons (Fsp3) is 0.478. The summed E-state index contributed by atoms with van der Waals surface area (Å²) >= 11 is 1.57. The van der Waals surface area contributed by atoms with Gasteiger partial charge in [-0.25, -0.2) is 4.39 Å². The van der Waals surface area contributed by atoms with E-state index in [9.17, 15) is 14.0 Å². The van der Waals surface area contributed by atoms with E-state index in [2.05, 4.69) is 15.5 Å². The number of carbonyl (C=O) groups is 2. The fourth-order valence-corrected chi connectivity index (χ4v) is 4.55. The molecule has 0 radical (unpaired) electrons. The summed E-state index contributed by atoms with van der Waals surface area (Å²) in [5, 5.41) is 8.10. The van der Waals surface area contributed by atoms with Crippen LogP contribution in [0.1, 0.15) is 43.2 Å². The maximum absolute atomic E-state index is 13.3. The average Bonchev–Trinajstić information content (AvgIpc) is 3.26. The largest absolute Gasteiger partial charge is 0.356 e. The molecular formula is C23H30FN3O2S. The lowest BCUT2D eigenvalue weighted by atomic mass is 9.97. The lowest BCUT2D eigenvalue weighted by molar-refractivity contribution is -0.125. The van der Waals surface area contributed by atoms with E-state index in [-0.39, 0.29) is 29.6 Å². The molecule has 1 fully saturated rings. The first-order valence-corrected chi connectivity index (χ1v) is 11.4. The van der Waals surface area contributed by atoms with Crippen LogP contribution in [0.4, 0.5) is 4.39 Å². The van der Waals surface area contributed by atoms with E-state index >= 15 is 0 Å². The lowest BCUT2D eigenvalue weighted by Gasteiger charge is -2.32. The van der Waals surface area contributed by atoms with E-state index in [1.54, 1.807) is 23.5 Å². The number of amides is 2. The highest BCUT2D eigenvalue weighted by Crippen LogP contribution is 2.26. The van der Waals surface area contributed by atoms with Gasteiger partial charge in [0, 0.05) is 23.9 Å². The number of likely N-dealkylation sites (tertiary alicyclic amines) is 1. The van der Waals surface area contributed by atoms with Gasteiger partial charge < -0.3 is 10.6 Å². The highest BCUT2D eigenvalue weighted by atomic mass is 32.1. The molecule has 2 atom stereocenters. The smallest absolute Gasteiger partial charge is 0.234 e. The number of halogens is 1. The third kappa shape index (κ3) is 6.37. The molecule has 5 nitrogen and oxygen atoms in total. The monoisotopic (exact) mass is 431 g/mol. The summed E-state index contributed by atoms with van der Waals surface area (Å²) in [5.74, 6) is 0.0713. The summed E-state index contributed by atoms with van der Waals surface area (Å²) < 4.78 is 13.3. The SMILES string of the molecule is CC(C)C(=O)NCC1CCCN(CC(=O)NC(c2ccc(F)cc2)c2cccs2)C1. The summed E-state index contributed by atoms with van der Waals surface area (Å²) in [7, 11) is 0. The molecule has 0 saturated carbocycles. The van der Waals surface area contributed by atoms with Crippen LogP contribution in [0.25, 0.3) is 0 Å². The number of nitrogens with one attached hydrogen (secondary N) is 2. The molecule has 1 aromatic carbocycles. The van der Waals surface area contributed by atoms with Crippen molar-refractivity contribution in [1.29, 1.82) is 0 Å². The second-order valence-corrected chi connectivity index (χ2v) is 9.19. The molecule has 30 heavy (non-hydrogen) atoms. The van der Waals surface area contributed by atoms with Crippen molar-refractivity contribution in [2.45, 2.75) is 32.7 Å². The molecule has 1 aromatic heterocycles. The Labute approximate surface area is 181 Å². The number of piperidine rings is 1. The molecule has 1 saturated heterocycles. The van der Waals surface area contributed by atoms with Crippen LogP contribution < -0.4 is 10.6 Å². The molecule has 2 amide bonds. The quantitative estimate of drug-likeness (QED) is 0.672. The molecule has 7 heteroatoms. The highest BCUT2D eigenvalue weighted by molar-refractivity contribution is 7.10. The van der Waals surface area contributed by atoms with Crippen LogP contribution >= 0.6 is 11.3 Å². The van der Waals surface area contributed by atoms with Gasteiger partial charge in [-0.15, -0.1) is 11.3 Å². The number of thiophene rings is 1. The van der Waals surface area contributed by atoms with Crippen LogP contribution in [-0.2, 0) is 9.59 Å². The van der Waals surface area contributed by atoms with Crippen molar-refractivity contribution >= 4 is 23.2 Å². The van der Waals surface area contributed by atoms with Crippen LogP contribution in [0.3, 0.4) is 0 Å². The van der Waals surface area contributed by atoms with Gasteiger partial charge in [0.1, 0.15) is 5.82 Å². The van der Waals surface area contributed by atoms with Gasteiger partial charge in [0.05, 0.1) is 12.6 Å². The maximum Gasteiger partial charge on any atom is 0.234 e. The number of carbonyl (C=O) groups excluding carboxylic acids is 2. The number of benzene rings is 1. The number of nitrogens with zero attached hydrogens (tertiary/aromatic N) is 1. The fourth-order valence-electron chi connectivity index (χ4n) is 3.75. The minimum absolute atomic E-state index is 0.0175. The third-order valence-corrected chi connectivity index (χ3v) is 6.33. The molecule has 0 bridgehead atoms. The molecule has 2 N–H and O–H groups in total. The van der Waals surface area contributed by atoms with Crippen molar-refractivity contribution < 1.29 is 14.0 Å². The molecule has 1 aliphatic rings. The predicted molar refractivity (Wildman–Crippen MR) is 118 cm³/mol. The van der Waals surface area contributed by atoms with Crippen molar-refractivity contribution in [3.63, 3.8) is 0 Å². The Balaban J connectivity index is 1.57. The number of hydrogen-bond donors (Lipinski definition) is 2. The summed E-state index contributed by atoms with van der Waals surface area (Å²) in [5.41, 5.74) is 0.861. The van der Waals surface area contributed by atoms with Gasteiger partial charge in [0.15, 0.2) is 0 Å². The van der Waals surface area contributed by atoms with Crippen molar-refractivity contribution in [2.75, 3.05) is 26.2 Å². The summed E-state index contributed by atoms with van der Waals surface area (Å²) in [6.07, 6.45) is 2.08. The summed E-state index contributed by atoms with van der Waals surface area (Å²) in [4.78, 5) is 27.8. The Kier molecular flexibility index (Phi) is 7.99. The van der Waals surface area contributed by atoms with Crippen molar-refractivity contribution in [2.24, 2.45) is 11.8 Å². The summed E-state index contributed by atoms with van der Waals surface area (Å²) in [6.45, 7) is 6.42. The van der Waals surface area contributed by atoms with E-state index in [0.29, 0.717) is 19.0 Å². The molecule has 162 valence electrons. The topological polar surface area (TPSA) is 61.4 Å².